The van der Waals surface area contributed by atoms with Crippen LogP contribution in [0.4, 0.5) is 0 Å². The lowest BCUT2D eigenvalue weighted by atomic mass is 9.67. The second-order valence-corrected chi connectivity index (χ2v) is 6.58. The Hall–Kier alpha value is -0.0800. The highest BCUT2D eigenvalue weighted by molar-refractivity contribution is 14.0. The zero-order valence-corrected chi connectivity index (χ0v) is 17.6. The molecule has 0 heterocycles. The van der Waals surface area contributed by atoms with Crippen LogP contribution in [0.2, 0.25) is 0 Å². The van der Waals surface area contributed by atoms with Crippen molar-refractivity contribution in [1.82, 2.24) is 10.6 Å². The van der Waals surface area contributed by atoms with Gasteiger partial charge in [0.2, 0.25) is 0 Å². The summed E-state index contributed by atoms with van der Waals surface area (Å²) in [5.74, 6) is 0.812. The molecule has 1 rings (SSSR count). The van der Waals surface area contributed by atoms with Gasteiger partial charge < -0.3 is 20.5 Å². The molecule has 1 aliphatic carbocycles. The molecule has 1 fully saturated rings. The van der Waals surface area contributed by atoms with Crippen molar-refractivity contribution in [2.45, 2.75) is 64.9 Å². The molecule has 0 bridgehead atoms. The Morgan fingerprint density at radius 3 is 2.30 bits per heavy atom. The van der Waals surface area contributed by atoms with Gasteiger partial charge in [0, 0.05) is 26.8 Å². The summed E-state index contributed by atoms with van der Waals surface area (Å²) in [6.07, 6.45) is 6.38. The summed E-state index contributed by atoms with van der Waals surface area (Å²) in [7, 11) is 1.77. The standard InChI is InChI=1S/C17H35N3O2.HI/c1-5-17(21,6-2)14-20-15(18-7-3)19-13-16(9-8-10-16)11-12-22-4;/h21H,5-14H2,1-4H3,(H2,18,19,20);1H. The zero-order valence-electron chi connectivity index (χ0n) is 15.3. The van der Waals surface area contributed by atoms with E-state index in [1.54, 1.807) is 7.11 Å². The Labute approximate surface area is 159 Å². The van der Waals surface area contributed by atoms with E-state index in [0.29, 0.717) is 12.0 Å². The van der Waals surface area contributed by atoms with E-state index in [9.17, 15) is 5.11 Å². The SMILES string of the molecule is CCNC(=NCC(O)(CC)CC)NCC1(CCOC)CCC1.I. The summed E-state index contributed by atoms with van der Waals surface area (Å²) < 4.78 is 5.24. The number of guanidine groups is 1. The van der Waals surface area contributed by atoms with Crippen LogP contribution in [0.15, 0.2) is 4.99 Å². The first-order chi connectivity index (χ1) is 10.5. The normalized spacial score (nSPS) is 17.2. The lowest BCUT2D eigenvalue weighted by molar-refractivity contribution is 0.0417. The van der Waals surface area contributed by atoms with Crippen LogP contribution in [-0.2, 0) is 4.74 Å². The lowest BCUT2D eigenvalue weighted by Crippen LogP contribution is -2.47. The number of methoxy groups -OCH3 is 1. The fraction of sp³-hybridized carbons (Fsp3) is 0.941. The van der Waals surface area contributed by atoms with Crippen molar-refractivity contribution >= 4 is 29.9 Å². The first kappa shape index (κ1) is 22.9. The van der Waals surface area contributed by atoms with E-state index in [2.05, 4.69) is 22.5 Å². The molecule has 1 saturated carbocycles. The van der Waals surface area contributed by atoms with Crippen LogP contribution in [0.5, 0.6) is 0 Å². The van der Waals surface area contributed by atoms with Gasteiger partial charge in [-0.25, -0.2) is 0 Å². The molecule has 0 unspecified atom stereocenters. The topological polar surface area (TPSA) is 65.9 Å². The van der Waals surface area contributed by atoms with E-state index in [1.165, 1.54) is 19.3 Å². The predicted octanol–water partition coefficient (Wildman–Crippen LogP) is 2.92. The van der Waals surface area contributed by atoms with Crippen molar-refractivity contribution in [3.05, 3.63) is 0 Å². The molecular formula is C17H36IN3O2. The van der Waals surface area contributed by atoms with Gasteiger partial charge in [-0.1, -0.05) is 20.3 Å². The van der Waals surface area contributed by atoms with Gasteiger partial charge in [0.05, 0.1) is 12.1 Å². The van der Waals surface area contributed by atoms with E-state index in [4.69, 9.17) is 4.74 Å². The molecule has 0 aromatic heterocycles. The summed E-state index contributed by atoms with van der Waals surface area (Å²) >= 11 is 0. The van der Waals surface area contributed by atoms with Crippen LogP contribution < -0.4 is 10.6 Å². The van der Waals surface area contributed by atoms with Crippen molar-refractivity contribution in [2.24, 2.45) is 10.4 Å². The number of aliphatic hydroxyl groups is 1. The average Bonchev–Trinajstić information content (AvgIpc) is 2.50. The number of halogens is 1. The maximum Gasteiger partial charge on any atom is 0.191 e. The summed E-state index contributed by atoms with van der Waals surface area (Å²) in [6, 6.07) is 0. The van der Waals surface area contributed by atoms with E-state index >= 15 is 0 Å². The minimum atomic E-state index is -0.688. The van der Waals surface area contributed by atoms with Crippen LogP contribution >= 0.6 is 24.0 Å². The van der Waals surface area contributed by atoms with Crippen molar-refractivity contribution in [3.63, 3.8) is 0 Å². The van der Waals surface area contributed by atoms with Crippen LogP contribution in [0.3, 0.4) is 0 Å². The smallest absolute Gasteiger partial charge is 0.191 e. The molecule has 3 N–H and O–H groups in total. The number of hydrogen-bond acceptors (Lipinski definition) is 3. The van der Waals surface area contributed by atoms with E-state index in [0.717, 1.165) is 44.9 Å². The highest BCUT2D eigenvalue weighted by Crippen LogP contribution is 2.43. The van der Waals surface area contributed by atoms with Crippen molar-refractivity contribution in [1.29, 1.82) is 0 Å². The maximum absolute atomic E-state index is 10.4. The van der Waals surface area contributed by atoms with Crippen LogP contribution in [0, 0.1) is 5.41 Å². The monoisotopic (exact) mass is 441 g/mol. The molecule has 0 saturated heterocycles. The Morgan fingerprint density at radius 2 is 1.87 bits per heavy atom. The van der Waals surface area contributed by atoms with Gasteiger partial charge in [-0.2, -0.15) is 0 Å². The van der Waals surface area contributed by atoms with Crippen LogP contribution in [0.1, 0.15) is 59.3 Å². The molecule has 0 aliphatic heterocycles. The molecule has 0 aromatic carbocycles. The molecule has 0 amide bonds. The van der Waals surface area contributed by atoms with Crippen LogP contribution in [-0.4, -0.2) is 50.0 Å². The lowest BCUT2D eigenvalue weighted by Gasteiger charge is -2.42. The Bertz CT molecular complexity index is 343. The molecule has 0 aromatic rings. The Kier molecular flexibility index (Phi) is 11.4. The second kappa shape index (κ2) is 11.5. The predicted molar refractivity (Wildman–Crippen MR) is 108 cm³/mol. The molecular weight excluding hydrogens is 405 g/mol. The first-order valence-corrected chi connectivity index (χ1v) is 8.76. The highest BCUT2D eigenvalue weighted by atomic mass is 127. The summed E-state index contributed by atoms with van der Waals surface area (Å²) in [5.41, 5.74) is -0.329. The third kappa shape index (κ3) is 7.56. The number of ether oxygens (including phenoxy) is 1. The third-order valence-electron chi connectivity index (χ3n) is 5.07. The Balaban J connectivity index is 0.00000484. The third-order valence-corrected chi connectivity index (χ3v) is 5.07. The van der Waals surface area contributed by atoms with Crippen molar-refractivity contribution in [3.8, 4) is 0 Å². The maximum atomic E-state index is 10.4. The van der Waals surface area contributed by atoms with Gasteiger partial charge in [-0.05, 0) is 44.4 Å². The first-order valence-electron chi connectivity index (χ1n) is 8.76. The molecule has 5 nitrogen and oxygen atoms in total. The highest BCUT2D eigenvalue weighted by Gasteiger charge is 2.36. The number of nitrogens with one attached hydrogen (secondary N) is 2. The van der Waals surface area contributed by atoms with E-state index in [1.807, 2.05) is 13.8 Å². The molecule has 1 aliphatic rings. The molecule has 138 valence electrons. The zero-order chi connectivity index (χ0) is 16.5. The van der Waals surface area contributed by atoms with Gasteiger partial charge in [0.25, 0.3) is 0 Å². The van der Waals surface area contributed by atoms with Gasteiger partial charge in [-0.15, -0.1) is 24.0 Å². The number of rotatable bonds is 10. The summed E-state index contributed by atoms with van der Waals surface area (Å²) in [5, 5.41) is 17.1. The van der Waals surface area contributed by atoms with E-state index in [-0.39, 0.29) is 24.0 Å². The molecule has 6 heteroatoms. The fourth-order valence-corrected chi connectivity index (χ4v) is 2.82. The Morgan fingerprint density at radius 1 is 1.22 bits per heavy atom. The quantitative estimate of drug-likeness (QED) is 0.277. The van der Waals surface area contributed by atoms with Gasteiger partial charge in [-0.3, -0.25) is 4.99 Å². The van der Waals surface area contributed by atoms with Gasteiger partial charge in [0.15, 0.2) is 5.96 Å². The van der Waals surface area contributed by atoms with Crippen molar-refractivity contribution < 1.29 is 9.84 Å². The largest absolute Gasteiger partial charge is 0.388 e. The molecule has 0 radical (unpaired) electrons. The molecule has 23 heavy (non-hydrogen) atoms. The number of aliphatic imine (C=N–C) groups is 1. The fourth-order valence-electron chi connectivity index (χ4n) is 2.82. The minimum absolute atomic E-state index is 0. The second-order valence-electron chi connectivity index (χ2n) is 6.58. The van der Waals surface area contributed by atoms with Gasteiger partial charge in [0.1, 0.15) is 0 Å². The van der Waals surface area contributed by atoms with Crippen molar-refractivity contribution in [2.75, 3.05) is 33.4 Å². The van der Waals surface area contributed by atoms with Gasteiger partial charge >= 0.3 is 0 Å². The summed E-state index contributed by atoms with van der Waals surface area (Å²) in [6.45, 7) is 9.10. The number of hydrogen-bond donors (Lipinski definition) is 3. The summed E-state index contributed by atoms with van der Waals surface area (Å²) in [4.78, 5) is 4.58. The van der Waals surface area contributed by atoms with E-state index < -0.39 is 5.60 Å². The number of nitrogens with zero attached hydrogens (tertiary/aromatic N) is 1. The molecule has 0 spiro atoms. The average molecular weight is 441 g/mol. The van der Waals surface area contributed by atoms with Crippen LogP contribution in [0.25, 0.3) is 0 Å². The minimum Gasteiger partial charge on any atom is -0.388 e. The molecule has 0 atom stereocenters.